The molecule has 0 saturated carbocycles. The molecule has 0 spiro atoms. The molecule has 3 N–H and O–H groups in total. The molecule has 100 valence electrons. The van der Waals surface area contributed by atoms with Crippen molar-refractivity contribution in [1.82, 2.24) is 10.4 Å². The highest BCUT2D eigenvalue weighted by molar-refractivity contribution is 9.10. The van der Waals surface area contributed by atoms with Crippen molar-refractivity contribution in [1.29, 1.82) is 0 Å². The highest BCUT2D eigenvalue weighted by Gasteiger charge is 2.20. The molecule has 1 aromatic heterocycles. The van der Waals surface area contributed by atoms with Gasteiger partial charge in [0.05, 0.1) is 11.1 Å². The first-order valence-electron chi connectivity index (χ1n) is 5.25. The summed E-state index contributed by atoms with van der Waals surface area (Å²) in [6.07, 6.45) is 1.53. The van der Waals surface area contributed by atoms with Gasteiger partial charge in [-0.25, -0.2) is 14.8 Å². The summed E-state index contributed by atoms with van der Waals surface area (Å²) in [7, 11) is 0. The molecule has 7 heteroatoms. The Balaban J connectivity index is 2.51. The van der Waals surface area contributed by atoms with Gasteiger partial charge in [-0.15, -0.1) is 0 Å². The Morgan fingerprint density at radius 1 is 1.32 bits per heavy atom. The first-order valence-corrected chi connectivity index (χ1v) is 6.80. The van der Waals surface area contributed by atoms with Crippen molar-refractivity contribution in [3.05, 3.63) is 62.1 Å². The first-order chi connectivity index (χ1) is 9.04. The van der Waals surface area contributed by atoms with E-state index < -0.39 is 11.9 Å². The number of rotatable bonds is 3. The van der Waals surface area contributed by atoms with Crippen LogP contribution in [0.4, 0.5) is 4.39 Å². The normalized spacial score (nSPS) is 12.5. The van der Waals surface area contributed by atoms with Crippen LogP contribution in [0.25, 0.3) is 0 Å². The lowest BCUT2D eigenvalue weighted by Crippen LogP contribution is -2.29. The summed E-state index contributed by atoms with van der Waals surface area (Å²) in [6, 6.07) is 6.01. The third-order valence-corrected chi connectivity index (χ3v) is 4.09. The number of aromatic nitrogens is 1. The summed E-state index contributed by atoms with van der Waals surface area (Å²) >= 11 is 14.9. The smallest absolute Gasteiger partial charge is 0.148 e. The van der Waals surface area contributed by atoms with Crippen LogP contribution in [-0.4, -0.2) is 4.98 Å². The molecule has 19 heavy (non-hydrogen) atoms. The second-order valence-corrected chi connectivity index (χ2v) is 5.40. The van der Waals surface area contributed by atoms with Crippen LogP contribution in [0.15, 0.2) is 34.9 Å². The summed E-state index contributed by atoms with van der Waals surface area (Å²) in [6.45, 7) is 0. The minimum Gasteiger partial charge on any atom is -0.271 e. The topological polar surface area (TPSA) is 50.9 Å². The Kier molecular flexibility index (Phi) is 4.76. The average Bonchev–Trinajstić information content (AvgIpc) is 2.40. The average molecular weight is 365 g/mol. The van der Waals surface area contributed by atoms with E-state index in [1.54, 1.807) is 24.3 Å². The SMILES string of the molecule is NNC(c1ccnc(Cl)c1)c1ccc(Br)c(Cl)c1F. The van der Waals surface area contributed by atoms with Gasteiger partial charge in [0.2, 0.25) is 0 Å². The maximum atomic E-state index is 14.2. The Hall–Kier alpha value is -0.720. The molecule has 2 aromatic rings. The van der Waals surface area contributed by atoms with Gasteiger partial charge in [0, 0.05) is 16.2 Å². The van der Waals surface area contributed by atoms with Crippen LogP contribution >= 0.6 is 39.1 Å². The Bertz CT molecular complexity index is 610. The van der Waals surface area contributed by atoms with Gasteiger partial charge in [0.1, 0.15) is 11.0 Å². The molecule has 0 aliphatic heterocycles. The molecular weight excluding hydrogens is 356 g/mol. The Morgan fingerprint density at radius 3 is 2.68 bits per heavy atom. The number of hydrazine groups is 1. The van der Waals surface area contributed by atoms with Gasteiger partial charge in [0.15, 0.2) is 0 Å². The molecule has 3 nitrogen and oxygen atoms in total. The number of hydrogen-bond donors (Lipinski definition) is 2. The summed E-state index contributed by atoms with van der Waals surface area (Å²) < 4.78 is 14.7. The third-order valence-electron chi connectivity index (χ3n) is 2.63. The van der Waals surface area contributed by atoms with Gasteiger partial charge in [0.25, 0.3) is 0 Å². The zero-order valence-corrected chi connectivity index (χ0v) is 12.6. The van der Waals surface area contributed by atoms with Crippen LogP contribution in [0.1, 0.15) is 17.2 Å². The second kappa shape index (κ2) is 6.15. The van der Waals surface area contributed by atoms with E-state index in [2.05, 4.69) is 26.3 Å². The van der Waals surface area contributed by atoms with Gasteiger partial charge < -0.3 is 0 Å². The van der Waals surface area contributed by atoms with Crippen molar-refractivity contribution >= 4 is 39.1 Å². The van der Waals surface area contributed by atoms with Crippen molar-refractivity contribution in [2.45, 2.75) is 6.04 Å². The van der Waals surface area contributed by atoms with Crippen LogP contribution in [0.5, 0.6) is 0 Å². The quantitative estimate of drug-likeness (QED) is 0.376. The van der Waals surface area contributed by atoms with E-state index in [1.807, 2.05) is 0 Å². The maximum Gasteiger partial charge on any atom is 0.148 e. The fraction of sp³-hybridized carbons (Fsp3) is 0.0833. The molecule has 2 rings (SSSR count). The van der Waals surface area contributed by atoms with Gasteiger partial charge in [-0.2, -0.15) is 0 Å². The maximum absolute atomic E-state index is 14.2. The molecule has 0 aliphatic carbocycles. The number of benzene rings is 1. The molecule has 0 amide bonds. The van der Waals surface area contributed by atoms with Gasteiger partial charge >= 0.3 is 0 Å². The number of halogens is 4. The minimum absolute atomic E-state index is 0.0119. The molecule has 0 aliphatic rings. The highest BCUT2D eigenvalue weighted by atomic mass is 79.9. The number of hydrogen-bond acceptors (Lipinski definition) is 3. The second-order valence-electron chi connectivity index (χ2n) is 3.78. The van der Waals surface area contributed by atoms with E-state index in [-0.39, 0.29) is 5.02 Å². The van der Waals surface area contributed by atoms with Gasteiger partial charge in [-0.3, -0.25) is 5.84 Å². The standard InChI is InChI=1S/C12H9BrCl2FN3/c13-8-2-1-7(11(16)10(8)15)12(19-17)6-3-4-18-9(14)5-6/h1-5,12,19H,17H2. The Morgan fingerprint density at radius 2 is 2.05 bits per heavy atom. The number of nitrogens with two attached hydrogens (primary N) is 1. The lowest BCUT2D eigenvalue weighted by atomic mass is 10.00. The highest BCUT2D eigenvalue weighted by Crippen LogP contribution is 2.32. The number of pyridine rings is 1. The minimum atomic E-state index is -0.564. The largest absolute Gasteiger partial charge is 0.271 e. The van der Waals surface area contributed by atoms with E-state index in [0.29, 0.717) is 20.8 Å². The van der Waals surface area contributed by atoms with E-state index in [9.17, 15) is 4.39 Å². The van der Waals surface area contributed by atoms with Crippen LogP contribution in [-0.2, 0) is 0 Å². The summed E-state index contributed by atoms with van der Waals surface area (Å²) in [4.78, 5) is 3.87. The van der Waals surface area contributed by atoms with Crippen molar-refractivity contribution in [3.8, 4) is 0 Å². The predicted octanol–water partition coefficient (Wildman–Crippen LogP) is 3.84. The van der Waals surface area contributed by atoms with Crippen molar-refractivity contribution < 1.29 is 4.39 Å². The van der Waals surface area contributed by atoms with Crippen LogP contribution < -0.4 is 11.3 Å². The van der Waals surface area contributed by atoms with E-state index >= 15 is 0 Å². The number of nitrogens with zero attached hydrogens (tertiary/aromatic N) is 1. The first kappa shape index (κ1) is 14.7. The lowest BCUT2D eigenvalue weighted by Gasteiger charge is -2.18. The molecule has 1 heterocycles. The number of nitrogens with one attached hydrogen (secondary N) is 1. The van der Waals surface area contributed by atoms with Crippen molar-refractivity contribution in [3.63, 3.8) is 0 Å². The van der Waals surface area contributed by atoms with E-state index in [4.69, 9.17) is 29.0 Å². The third kappa shape index (κ3) is 3.07. The van der Waals surface area contributed by atoms with Crippen LogP contribution in [0, 0.1) is 5.82 Å². The molecule has 0 saturated heterocycles. The molecule has 0 bridgehead atoms. The van der Waals surface area contributed by atoms with E-state index in [1.165, 1.54) is 6.20 Å². The molecule has 1 aromatic carbocycles. The molecular formula is C12H9BrCl2FN3. The zero-order valence-electron chi connectivity index (χ0n) is 9.50. The molecule has 0 radical (unpaired) electrons. The summed E-state index contributed by atoms with van der Waals surface area (Å²) in [5, 5.41) is 0.319. The zero-order chi connectivity index (χ0) is 14.0. The van der Waals surface area contributed by atoms with Crippen molar-refractivity contribution in [2.24, 2.45) is 5.84 Å². The molecule has 1 unspecified atom stereocenters. The van der Waals surface area contributed by atoms with Crippen LogP contribution in [0.3, 0.4) is 0 Å². The molecule has 0 fully saturated rings. The fourth-order valence-electron chi connectivity index (χ4n) is 1.73. The summed E-state index contributed by atoms with van der Waals surface area (Å²) in [5.74, 6) is 4.97. The predicted molar refractivity (Wildman–Crippen MR) is 77.5 cm³/mol. The lowest BCUT2D eigenvalue weighted by molar-refractivity contribution is 0.559. The van der Waals surface area contributed by atoms with Gasteiger partial charge in [-0.05, 0) is 39.7 Å². The van der Waals surface area contributed by atoms with Crippen molar-refractivity contribution in [2.75, 3.05) is 0 Å². The monoisotopic (exact) mass is 363 g/mol. The fourth-order valence-corrected chi connectivity index (χ4v) is 2.39. The Labute approximate surface area is 128 Å². The van der Waals surface area contributed by atoms with E-state index in [0.717, 1.165) is 0 Å². The van der Waals surface area contributed by atoms with Crippen LogP contribution in [0.2, 0.25) is 10.2 Å². The van der Waals surface area contributed by atoms with Gasteiger partial charge in [-0.1, -0.05) is 29.3 Å². The molecule has 1 atom stereocenters. The summed E-state index contributed by atoms with van der Waals surface area (Å²) in [5.41, 5.74) is 3.57.